The smallest absolute Gasteiger partial charge is 0.308 e. The molecule has 2 N–H and O–H groups in total. The van der Waals surface area contributed by atoms with Crippen molar-refractivity contribution in [3.8, 4) is 0 Å². The van der Waals surface area contributed by atoms with Gasteiger partial charge in [0.05, 0.1) is 5.92 Å². The third kappa shape index (κ3) is 3.73. The summed E-state index contributed by atoms with van der Waals surface area (Å²) in [5.74, 6) is -1.59. The summed E-state index contributed by atoms with van der Waals surface area (Å²) in [6.45, 7) is 0. The summed E-state index contributed by atoms with van der Waals surface area (Å²) in [7, 11) is 0. The first-order valence-corrected chi connectivity index (χ1v) is 7.25. The minimum atomic E-state index is -0.830. The summed E-state index contributed by atoms with van der Waals surface area (Å²) in [5.41, 5.74) is 0.464. The van der Waals surface area contributed by atoms with E-state index in [1.165, 1.54) is 0 Å². The molecule has 108 valence electrons. The lowest BCUT2D eigenvalue weighted by atomic mass is 9.94. The highest BCUT2D eigenvalue weighted by Crippen LogP contribution is 2.24. The lowest BCUT2D eigenvalue weighted by Gasteiger charge is -2.22. The first-order valence-electron chi connectivity index (χ1n) is 6.87. The number of rotatable bonds is 3. The summed E-state index contributed by atoms with van der Waals surface area (Å²) >= 11 is 5.86. The van der Waals surface area contributed by atoms with Crippen LogP contribution in [0.4, 0.5) is 0 Å². The first kappa shape index (κ1) is 14.9. The van der Waals surface area contributed by atoms with Crippen LogP contribution in [0, 0.1) is 5.92 Å². The van der Waals surface area contributed by atoms with E-state index >= 15 is 0 Å². The number of carboxylic acid groups (broad SMARTS) is 1. The van der Waals surface area contributed by atoms with Gasteiger partial charge in [-0.15, -0.1) is 0 Å². The Bertz CT molecular complexity index is 504. The molecule has 2 atom stereocenters. The van der Waals surface area contributed by atoms with Crippen molar-refractivity contribution in [1.82, 2.24) is 5.32 Å². The van der Waals surface area contributed by atoms with Crippen LogP contribution < -0.4 is 5.32 Å². The van der Waals surface area contributed by atoms with E-state index in [4.69, 9.17) is 11.6 Å². The van der Waals surface area contributed by atoms with Crippen LogP contribution in [0.3, 0.4) is 0 Å². The largest absolute Gasteiger partial charge is 0.481 e. The van der Waals surface area contributed by atoms with Gasteiger partial charge < -0.3 is 10.4 Å². The van der Waals surface area contributed by atoms with E-state index < -0.39 is 11.9 Å². The predicted molar refractivity (Wildman–Crippen MR) is 76.9 cm³/mol. The topological polar surface area (TPSA) is 66.4 Å². The molecule has 20 heavy (non-hydrogen) atoms. The average Bonchev–Trinajstić information content (AvgIpc) is 2.64. The molecular formula is C15H18ClNO3. The van der Waals surface area contributed by atoms with Gasteiger partial charge in [-0.1, -0.05) is 36.9 Å². The van der Waals surface area contributed by atoms with Gasteiger partial charge in [0.25, 0.3) is 5.91 Å². The third-order valence-electron chi connectivity index (χ3n) is 3.74. The summed E-state index contributed by atoms with van der Waals surface area (Å²) in [6.07, 6.45) is 4.21. The van der Waals surface area contributed by atoms with E-state index in [-0.39, 0.29) is 11.9 Å². The van der Waals surface area contributed by atoms with E-state index in [2.05, 4.69) is 5.32 Å². The molecule has 0 heterocycles. The van der Waals surface area contributed by atoms with Crippen molar-refractivity contribution in [3.63, 3.8) is 0 Å². The monoisotopic (exact) mass is 295 g/mol. The Morgan fingerprint density at radius 1 is 1.20 bits per heavy atom. The molecule has 0 radical (unpaired) electrons. The second-order valence-electron chi connectivity index (χ2n) is 5.17. The Hall–Kier alpha value is -1.55. The minimum Gasteiger partial charge on any atom is -0.481 e. The number of hydrogen-bond acceptors (Lipinski definition) is 2. The van der Waals surface area contributed by atoms with E-state index in [9.17, 15) is 14.7 Å². The molecule has 5 heteroatoms. The number of nitrogens with one attached hydrogen (secondary N) is 1. The van der Waals surface area contributed by atoms with Gasteiger partial charge in [-0.25, -0.2) is 0 Å². The third-order valence-corrected chi connectivity index (χ3v) is 3.97. The Morgan fingerprint density at radius 2 is 1.95 bits per heavy atom. The normalized spacial score (nSPS) is 22.9. The molecule has 0 saturated heterocycles. The van der Waals surface area contributed by atoms with Crippen molar-refractivity contribution < 1.29 is 14.7 Å². The lowest BCUT2D eigenvalue weighted by Crippen LogP contribution is -2.42. The van der Waals surface area contributed by atoms with Gasteiger partial charge in [0.2, 0.25) is 0 Å². The molecule has 4 nitrogen and oxygen atoms in total. The highest BCUT2D eigenvalue weighted by atomic mass is 35.5. The van der Waals surface area contributed by atoms with Crippen LogP contribution in [-0.4, -0.2) is 23.0 Å². The average molecular weight is 296 g/mol. The van der Waals surface area contributed by atoms with Gasteiger partial charge in [0.15, 0.2) is 0 Å². The maximum atomic E-state index is 12.2. The van der Waals surface area contributed by atoms with Crippen LogP contribution in [0.25, 0.3) is 0 Å². The maximum Gasteiger partial charge on any atom is 0.308 e. The quantitative estimate of drug-likeness (QED) is 0.842. The maximum absolute atomic E-state index is 12.2. The number of benzene rings is 1. The fourth-order valence-electron chi connectivity index (χ4n) is 2.66. The molecule has 1 amide bonds. The van der Waals surface area contributed by atoms with Crippen molar-refractivity contribution in [2.45, 2.75) is 38.1 Å². The number of carbonyl (C=O) groups excluding carboxylic acids is 1. The molecule has 1 saturated carbocycles. The first-order chi connectivity index (χ1) is 9.58. The molecule has 0 bridgehead atoms. The van der Waals surface area contributed by atoms with Crippen LogP contribution in [0.5, 0.6) is 0 Å². The zero-order valence-corrected chi connectivity index (χ0v) is 11.9. The Labute approximate surface area is 123 Å². The zero-order valence-electron chi connectivity index (χ0n) is 11.1. The van der Waals surface area contributed by atoms with Crippen molar-refractivity contribution in [2.75, 3.05) is 0 Å². The van der Waals surface area contributed by atoms with Crippen LogP contribution in [0.2, 0.25) is 5.02 Å². The predicted octanol–water partition coefficient (Wildman–Crippen LogP) is 3.10. The van der Waals surface area contributed by atoms with Crippen molar-refractivity contribution in [2.24, 2.45) is 5.92 Å². The molecule has 1 aliphatic rings. The van der Waals surface area contributed by atoms with E-state index in [0.717, 1.165) is 19.3 Å². The Balaban J connectivity index is 2.09. The minimum absolute atomic E-state index is 0.259. The van der Waals surface area contributed by atoms with Crippen LogP contribution >= 0.6 is 11.6 Å². The van der Waals surface area contributed by atoms with Crippen molar-refractivity contribution in [3.05, 3.63) is 34.9 Å². The lowest BCUT2D eigenvalue weighted by molar-refractivity contribution is -0.142. The van der Waals surface area contributed by atoms with Gasteiger partial charge in [0.1, 0.15) is 0 Å². The second-order valence-corrected chi connectivity index (χ2v) is 5.61. The molecule has 1 aliphatic carbocycles. The second kappa shape index (κ2) is 6.75. The highest BCUT2D eigenvalue weighted by Gasteiger charge is 2.30. The number of halogens is 1. The zero-order chi connectivity index (χ0) is 14.5. The molecule has 1 aromatic rings. The Kier molecular flexibility index (Phi) is 5.01. The van der Waals surface area contributed by atoms with Gasteiger partial charge in [0, 0.05) is 16.6 Å². The molecule has 2 rings (SSSR count). The molecule has 1 aromatic carbocycles. The number of hydrogen-bond donors (Lipinski definition) is 2. The van der Waals surface area contributed by atoms with Crippen molar-refractivity contribution in [1.29, 1.82) is 0 Å². The van der Waals surface area contributed by atoms with Gasteiger partial charge in [-0.2, -0.15) is 0 Å². The number of carbonyl (C=O) groups is 2. The van der Waals surface area contributed by atoms with E-state index in [1.807, 2.05) is 0 Å². The molecule has 0 aliphatic heterocycles. The summed E-state index contributed by atoms with van der Waals surface area (Å²) in [6, 6.07) is 6.36. The molecule has 0 aromatic heterocycles. The van der Waals surface area contributed by atoms with Crippen LogP contribution in [0.15, 0.2) is 24.3 Å². The number of aliphatic carboxylic acids is 1. The summed E-state index contributed by atoms with van der Waals surface area (Å²) in [5, 5.41) is 12.6. The van der Waals surface area contributed by atoms with Gasteiger partial charge in [-0.3, -0.25) is 9.59 Å². The SMILES string of the molecule is O=C(N[C@H]1CCCCC[C@H]1C(=O)O)c1cccc(Cl)c1. The number of carboxylic acids is 1. The molecular weight excluding hydrogens is 278 g/mol. The standard InChI is InChI=1S/C15H18ClNO3/c16-11-6-4-5-10(9-11)14(18)17-13-8-3-1-2-7-12(13)15(19)20/h4-6,9,12-13H,1-3,7-8H2,(H,17,18)(H,19,20)/t12-,13+/m1/s1. The fraction of sp³-hybridized carbons (Fsp3) is 0.467. The highest BCUT2D eigenvalue weighted by molar-refractivity contribution is 6.30. The molecule has 0 spiro atoms. The summed E-state index contributed by atoms with van der Waals surface area (Å²) < 4.78 is 0. The van der Waals surface area contributed by atoms with Crippen LogP contribution in [0.1, 0.15) is 42.5 Å². The molecule has 1 fully saturated rings. The van der Waals surface area contributed by atoms with Gasteiger partial charge >= 0.3 is 5.97 Å². The summed E-state index contributed by atoms with van der Waals surface area (Å²) in [4.78, 5) is 23.5. The van der Waals surface area contributed by atoms with E-state index in [1.54, 1.807) is 24.3 Å². The molecule has 0 unspecified atom stereocenters. The van der Waals surface area contributed by atoms with Crippen molar-refractivity contribution >= 4 is 23.5 Å². The fourth-order valence-corrected chi connectivity index (χ4v) is 2.85. The van der Waals surface area contributed by atoms with E-state index in [0.29, 0.717) is 23.4 Å². The van der Waals surface area contributed by atoms with Gasteiger partial charge in [-0.05, 0) is 31.0 Å². The van der Waals surface area contributed by atoms with Crippen LogP contribution in [-0.2, 0) is 4.79 Å². The Morgan fingerprint density at radius 3 is 2.65 bits per heavy atom. The number of amides is 1.